The number of esters is 1. The van der Waals surface area contributed by atoms with Crippen LogP contribution in [0.2, 0.25) is 0 Å². The van der Waals surface area contributed by atoms with Gasteiger partial charge in [-0.25, -0.2) is 4.98 Å². The van der Waals surface area contributed by atoms with Crippen molar-refractivity contribution >= 4 is 23.4 Å². The standard InChI is InChI=1S/C14H13N3O5S/c1-22-13(19)7-10-6-12(18)16-14(15-10)23-8-9-4-2-3-5-11(9)17(20)21/h2-6H,7-8H2,1H3,(H,15,16,18). The highest BCUT2D eigenvalue weighted by molar-refractivity contribution is 7.98. The number of methoxy groups -OCH3 is 1. The van der Waals surface area contributed by atoms with Gasteiger partial charge in [-0.3, -0.25) is 19.7 Å². The lowest BCUT2D eigenvalue weighted by Gasteiger charge is -2.04. The Labute approximate surface area is 135 Å². The Morgan fingerprint density at radius 3 is 2.87 bits per heavy atom. The summed E-state index contributed by atoms with van der Waals surface area (Å²) in [5, 5.41) is 11.3. The molecule has 1 heterocycles. The third kappa shape index (κ3) is 4.65. The van der Waals surface area contributed by atoms with E-state index in [-0.39, 0.29) is 28.7 Å². The number of H-pyrrole nitrogens is 1. The molecule has 2 aromatic rings. The highest BCUT2D eigenvalue weighted by Crippen LogP contribution is 2.25. The van der Waals surface area contributed by atoms with E-state index < -0.39 is 16.5 Å². The second kappa shape index (κ2) is 7.54. The fourth-order valence-corrected chi connectivity index (χ4v) is 2.71. The minimum Gasteiger partial charge on any atom is -0.469 e. The lowest BCUT2D eigenvalue weighted by atomic mass is 10.2. The van der Waals surface area contributed by atoms with E-state index in [1.165, 1.54) is 19.2 Å². The number of aromatic amines is 1. The maximum Gasteiger partial charge on any atom is 0.311 e. The quantitative estimate of drug-likeness (QED) is 0.281. The predicted octanol–water partition coefficient (Wildman–Crippen LogP) is 1.69. The zero-order chi connectivity index (χ0) is 16.8. The summed E-state index contributed by atoms with van der Waals surface area (Å²) in [5.74, 6) is -0.236. The van der Waals surface area contributed by atoms with Crippen LogP contribution in [0, 0.1) is 10.1 Å². The first kappa shape index (κ1) is 16.7. The molecule has 0 radical (unpaired) electrons. The average molecular weight is 335 g/mol. The number of nitrogens with one attached hydrogen (secondary N) is 1. The van der Waals surface area contributed by atoms with Crippen LogP contribution in [0.25, 0.3) is 0 Å². The number of nitro benzene ring substituents is 1. The van der Waals surface area contributed by atoms with E-state index in [4.69, 9.17) is 0 Å². The lowest BCUT2D eigenvalue weighted by Crippen LogP contribution is -2.13. The minimum absolute atomic E-state index is 0.00747. The number of benzene rings is 1. The van der Waals surface area contributed by atoms with Crippen molar-refractivity contribution in [3.63, 3.8) is 0 Å². The Morgan fingerprint density at radius 1 is 1.43 bits per heavy atom. The van der Waals surface area contributed by atoms with Crippen LogP contribution in [0.5, 0.6) is 0 Å². The van der Waals surface area contributed by atoms with E-state index in [1.807, 2.05) is 0 Å². The molecule has 0 amide bonds. The number of nitrogens with zero attached hydrogens (tertiary/aromatic N) is 2. The first-order valence-electron chi connectivity index (χ1n) is 6.51. The van der Waals surface area contributed by atoms with Gasteiger partial charge >= 0.3 is 5.97 Å². The molecule has 23 heavy (non-hydrogen) atoms. The van der Waals surface area contributed by atoms with Crippen molar-refractivity contribution in [2.75, 3.05) is 7.11 Å². The Morgan fingerprint density at radius 2 is 2.17 bits per heavy atom. The van der Waals surface area contributed by atoms with Crippen LogP contribution in [-0.4, -0.2) is 28.0 Å². The summed E-state index contributed by atoms with van der Waals surface area (Å²) in [5.41, 5.74) is 0.409. The van der Waals surface area contributed by atoms with E-state index in [9.17, 15) is 19.7 Å². The topological polar surface area (TPSA) is 115 Å². The van der Waals surface area contributed by atoms with Gasteiger partial charge in [0.15, 0.2) is 5.16 Å². The fourth-order valence-electron chi connectivity index (χ4n) is 1.82. The molecule has 0 spiro atoms. The third-order valence-electron chi connectivity index (χ3n) is 2.88. The van der Waals surface area contributed by atoms with E-state index >= 15 is 0 Å². The fraction of sp³-hybridized carbons (Fsp3) is 0.214. The van der Waals surface area contributed by atoms with E-state index in [0.717, 1.165) is 11.8 Å². The molecule has 0 bridgehead atoms. The first-order chi connectivity index (χ1) is 11.0. The summed E-state index contributed by atoms with van der Waals surface area (Å²) in [6, 6.07) is 7.56. The van der Waals surface area contributed by atoms with E-state index in [0.29, 0.717) is 5.56 Å². The molecule has 120 valence electrons. The average Bonchev–Trinajstić information content (AvgIpc) is 2.52. The van der Waals surface area contributed by atoms with Gasteiger partial charge in [0.25, 0.3) is 11.2 Å². The first-order valence-corrected chi connectivity index (χ1v) is 7.50. The summed E-state index contributed by atoms with van der Waals surface area (Å²) >= 11 is 1.14. The van der Waals surface area contributed by atoms with Crippen molar-refractivity contribution in [2.24, 2.45) is 0 Å². The number of rotatable bonds is 6. The van der Waals surface area contributed by atoms with Crippen molar-refractivity contribution in [2.45, 2.75) is 17.3 Å². The van der Waals surface area contributed by atoms with Gasteiger partial charge in [0.05, 0.1) is 24.1 Å². The van der Waals surface area contributed by atoms with Crippen molar-refractivity contribution in [1.82, 2.24) is 9.97 Å². The Kier molecular flexibility index (Phi) is 5.47. The molecule has 0 atom stereocenters. The summed E-state index contributed by atoms with van der Waals surface area (Å²) in [6.07, 6.45) is -0.112. The molecule has 0 aliphatic rings. The molecule has 8 nitrogen and oxygen atoms in total. The van der Waals surface area contributed by atoms with Gasteiger partial charge in [0.1, 0.15) is 0 Å². The molecule has 0 aliphatic heterocycles. The van der Waals surface area contributed by atoms with Crippen LogP contribution in [0.3, 0.4) is 0 Å². The number of carbonyl (C=O) groups is 1. The third-order valence-corrected chi connectivity index (χ3v) is 3.80. The molecule has 0 fully saturated rings. The zero-order valence-corrected chi connectivity index (χ0v) is 13.0. The van der Waals surface area contributed by atoms with Crippen molar-refractivity contribution in [3.8, 4) is 0 Å². The van der Waals surface area contributed by atoms with Gasteiger partial charge in [-0.15, -0.1) is 0 Å². The highest BCUT2D eigenvalue weighted by Gasteiger charge is 2.13. The SMILES string of the molecule is COC(=O)Cc1cc(=O)[nH]c(SCc2ccccc2[N+](=O)[O-])n1. The second-order valence-corrected chi connectivity index (χ2v) is 5.43. The minimum atomic E-state index is -0.502. The summed E-state index contributed by atoms with van der Waals surface area (Å²) in [7, 11) is 1.25. The summed E-state index contributed by atoms with van der Waals surface area (Å²) in [6.45, 7) is 0. The summed E-state index contributed by atoms with van der Waals surface area (Å²) < 4.78 is 4.53. The largest absolute Gasteiger partial charge is 0.469 e. The molecule has 1 aromatic heterocycles. The van der Waals surface area contributed by atoms with Crippen LogP contribution in [0.4, 0.5) is 5.69 Å². The van der Waals surface area contributed by atoms with Crippen LogP contribution in [-0.2, 0) is 21.7 Å². The second-order valence-electron chi connectivity index (χ2n) is 4.47. The molecule has 9 heteroatoms. The van der Waals surface area contributed by atoms with Crippen LogP contribution < -0.4 is 5.56 Å². The number of hydrogen-bond acceptors (Lipinski definition) is 7. The number of carbonyl (C=O) groups excluding carboxylic acids is 1. The maximum absolute atomic E-state index is 11.6. The van der Waals surface area contributed by atoms with Crippen LogP contribution in [0.1, 0.15) is 11.3 Å². The maximum atomic E-state index is 11.6. The molecule has 0 unspecified atom stereocenters. The molecule has 1 N–H and O–H groups in total. The van der Waals surface area contributed by atoms with Gasteiger partial charge in [-0.05, 0) is 0 Å². The molecular formula is C14H13N3O5S. The van der Waals surface area contributed by atoms with Crippen LogP contribution in [0.15, 0.2) is 40.3 Å². The molecule has 0 saturated heterocycles. The Hall–Kier alpha value is -2.68. The van der Waals surface area contributed by atoms with Crippen LogP contribution >= 0.6 is 11.8 Å². The normalized spacial score (nSPS) is 10.3. The Balaban J connectivity index is 2.16. The molecule has 1 aromatic carbocycles. The monoisotopic (exact) mass is 335 g/mol. The van der Waals surface area contributed by atoms with Crippen molar-refractivity contribution in [1.29, 1.82) is 0 Å². The molecule has 0 aliphatic carbocycles. The number of thioether (sulfide) groups is 1. The van der Waals surface area contributed by atoms with E-state index in [2.05, 4.69) is 14.7 Å². The smallest absolute Gasteiger partial charge is 0.311 e. The number of aromatic nitrogens is 2. The predicted molar refractivity (Wildman–Crippen MR) is 83.2 cm³/mol. The number of para-hydroxylation sites is 1. The van der Waals surface area contributed by atoms with Gasteiger partial charge in [0, 0.05) is 23.4 Å². The number of nitro groups is 1. The van der Waals surface area contributed by atoms with Gasteiger partial charge in [0.2, 0.25) is 0 Å². The van der Waals surface area contributed by atoms with Gasteiger partial charge < -0.3 is 9.72 Å². The molecular weight excluding hydrogens is 322 g/mol. The molecule has 2 rings (SSSR count). The van der Waals surface area contributed by atoms with Crippen molar-refractivity contribution in [3.05, 3.63) is 62.1 Å². The highest BCUT2D eigenvalue weighted by atomic mass is 32.2. The Bertz CT molecular complexity index is 790. The van der Waals surface area contributed by atoms with Crippen molar-refractivity contribution < 1.29 is 14.5 Å². The number of hydrogen-bond donors (Lipinski definition) is 1. The van der Waals surface area contributed by atoms with Gasteiger partial charge in [-0.1, -0.05) is 30.0 Å². The zero-order valence-electron chi connectivity index (χ0n) is 12.1. The lowest BCUT2D eigenvalue weighted by molar-refractivity contribution is -0.385. The molecule has 0 saturated carbocycles. The van der Waals surface area contributed by atoms with E-state index in [1.54, 1.807) is 18.2 Å². The summed E-state index contributed by atoms with van der Waals surface area (Å²) in [4.78, 5) is 40.0. The van der Waals surface area contributed by atoms with Gasteiger partial charge in [-0.2, -0.15) is 0 Å². The number of ether oxygens (including phenoxy) is 1.